The van der Waals surface area contributed by atoms with Crippen LogP contribution < -0.4 is 5.73 Å². The van der Waals surface area contributed by atoms with E-state index in [9.17, 15) is 19.6 Å². The molecule has 1 amide bonds. The number of hydrogen-bond acceptors (Lipinski definition) is 6. The molecule has 0 radical (unpaired) electrons. The van der Waals surface area contributed by atoms with Crippen LogP contribution in [0, 0.1) is 16.7 Å². The first-order valence-corrected chi connectivity index (χ1v) is 8.40. The number of nitriles is 1. The Morgan fingerprint density at radius 2 is 1.93 bits per heavy atom. The first-order chi connectivity index (χ1) is 12.9. The summed E-state index contributed by atoms with van der Waals surface area (Å²) in [5.74, 6) is -2.49. The Bertz CT molecular complexity index is 900. The van der Waals surface area contributed by atoms with Gasteiger partial charge in [-0.1, -0.05) is 42.5 Å². The molecule has 7 nitrogen and oxygen atoms in total. The Labute approximate surface area is 156 Å². The summed E-state index contributed by atoms with van der Waals surface area (Å²) >= 11 is 0. The molecule has 2 aliphatic rings. The fourth-order valence-electron chi connectivity index (χ4n) is 4.05. The highest BCUT2D eigenvalue weighted by Gasteiger charge is 2.66. The summed E-state index contributed by atoms with van der Waals surface area (Å²) in [6, 6.07) is 9.14. The number of hydrogen-bond donors (Lipinski definition) is 1. The smallest absolute Gasteiger partial charge is 0.329 e. The van der Waals surface area contributed by atoms with E-state index in [1.54, 1.807) is 42.5 Å². The third kappa shape index (κ3) is 2.61. The molecule has 3 rings (SSSR count). The second kappa shape index (κ2) is 6.72. The summed E-state index contributed by atoms with van der Waals surface area (Å²) in [5, 5.41) is 10.1. The molecule has 0 saturated carbocycles. The van der Waals surface area contributed by atoms with Gasteiger partial charge >= 0.3 is 5.97 Å². The number of nitrogens with zero attached hydrogens (tertiary/aromatic N) is 2. The number of benzene rings is 1. The fraction of sp³-hybridized carbons (Fsp3) is 0.300. The lowest BCUT2D eigenvalue weighted by Gasteiger charge is -2.32. The van der Waals surface area contributed by atoms with Gasteiger partial charge < -0.3 is 15.4 Å². The number of nitrogens with two attached hydrogens (primary N) is 1. The molecule has 27 heavy (non-hydrogen) atoms. The lowest BCUT2D eigenvalue weighted by atomic mass is 9.69. The minimum Gasteiger partial charge on any atom is -0.468 e. The van der Waals surface area contributed by atoms with Crippen LogP contribution in [-0.2, 0) is 19.1 Å². The van der Waals surface area contributed by atoms with Gasteiger partial charge in [0.15, 0.2) is 11.2 Å². The lowest BCUT2D eigenvalue weighted by Crippen LogP contribution is -2.45. The fourth-order valence-corrected chi connectivity index (χ4v) is 4.05. The van der Waals surface area contributed by atoms with E-state index in [0.29, 0.717) is 11.1 Å². The van der Waals surface area contributed by atoms with E-state index < -0.39 is 35.3 Å². The van der Waals surface area contributed by atoms with Crippen molar-refractivity contribution in [2.45, 2.75) is 24.9 Å². The molecule has 0 aromatic heterocycles. The van der Waals surface area contributed by atoms with Crippen molar-refractivity contribution in [3.63, 3.8) is 0 Å². The number of rotatable bonds is 4. The highest BCUT2D eigenvalue weighted by Crippen LogP contribution is 2.53. The zero-order valence-corrected chi connectivity index (χ0v) is 15.0. The lowest BCUT2D eigenvalue weighted by molar-refractivity contribution is -0.150. The quantitative estimate of drug-likeness (QED) is 0.798. The minimum absolute atomic E-state index is 0.197. The van der Waals surface area contributed by atoms with Crippen molar-refractivity contribution in [1.29, 1.82) is 5.26 Å². The molecule has 1 aromatic carbocycles. The SMILES string of the molecule is COC(=O)[C@]1(C#N)[C@@H]2C=CC(C(C)=O)=CN2[C@@H](C(N)=O)[C@@H]1c1ccccc1. The van der Waals surface area contributed by atoms with Crippen molar-refractivity contribution in [3.05, 3.63) is 59.8 Å². The molecular formula is C20H19N3O4. The van der Waals surface area contributed by atoms with Crippen molar-refractivity contribution in [3.8, 4) is 6.07 Å². The van der Waals surface area contributed by atoms with Crippen molar-refractivity contribution in [2.24, 2.45) is 11.1 Å². The number of allylic oxidation sites excluding steroid dienone is 2. The van der Waals surface area contributed by atoms with E-state index >= 15 is 0 Å². The second-order valence-electron chi connectivity index (χ2n) is 6.60. The Balaban J connectivity index is 2.29. The number of primary amides is 1. The van der Waals surface area contributed by atoms with Crippen molar-refractivity contribution >= 4 is 17.7 Å². The number of methoxy groups -OCH3 is 1. The molecule has 0 spiro atoms. The van der Waals surface area contributed by atoms with E-state index in [1.807, 2.05) is 0 Å². The molecule has 138 valence electrons. The van der Waals surface area contributed by atoms with Gasteiger partial charge in [0.1, 0.15) is 6.04 Å². The highest BCUT2D eigenvalue weighted by atomic mass is 16.5. The van der Waals surface area contributed by atoms with Crippen molar-refractivity contribution < 1.29 is 19.1 Å². The Kier molecular flexibility index (Phi) is 4.58. The van der Waals surface area contributed by atoms with Crippen LogP contribution in [0.3, 0.4) is 0 Å². The summed E-state index contributed by atoms with van der Waals surface area (Å²) in [7, 11) is 1.20. The summed E-state index contributed by atoms with van der Waals surface area (Å²) in [6.07, 6.45) is 4.65. The van der Waals surface area contributed by atoms with Crippen LogP contribution >= 0.6 is 0 Å². The van der Waals surface area contributed by atoms with Gasteiger partial charge in [-0.2, -0.15) is 5.26 Å². The normalized spacial score (nSPS) is 28.7. The Morgan fingerprint density at radius 1 is 1.26 bits per heavy atom. The maximum atomic E-state index is 12.8. The van der Waals surface area contributed by atoms with E-state index in [-0.39, 0.29) is 5.78 Å². The molecule has 0 aliphatic carbocycles. The average molecular weight is 365 g/mol. The largest absolute Gasteiger partial charge is 0.468 e. The van der Waals surface area contributed by atoms with Gasteiger partial charge in [-0.15, -0.1) is 0 Å². The molecule has 2 N–H and O–H groups in total. The van der Waals surface area contributed by atoms with Crippen molar-refractivity contribution in [1.82, 2.24) is 4.90 Å². The number of carbonyl (C=O) groups excluding carboxylic acids is 3. The predicted octanol–water partition coefficient (Wildman–Crippen LogP) is 1.03. The molecule has 1 aromatic rings. The summed E-state index contributed by atoms with van der Waals surface area (Å²) in [6.45, 7) is 1.40. The van der Waals surface area contributed by atoms with E-state index in [0.717, 1.165) is 0 Å². The van der Waals surface area contributed by atoms with Gasteiger partial charge in [0.25, 0.3) is 0 Å². The predicted molar refractivity (Wildman–Crippen MR) is 95.8 cm³/mol. The van der Waals surface area contributed by atoms with Crippen LogP contribution in [0.5, 0.6) is 0 Å². The van der Waals surface area contributed by atoms with E-state index in [4.69, 9.17) is 10.5 Å². The summed E-state index contributed by atoms with van der Waals surface area (Å²) in [4.78, 5) is 38.6. The van der Waals surface area contributed by atoms with Crippen LogP contribution in [0.1, 0.15) is 18.4 Å². The summed E-state index contributed by atoms with van der Waals surface area (Å²) < 4.78 is 4.97. The van der Waals surface area contributed by atoms with Crippen LogP contribution in [0.2, 0.25) is 0 Å². The summed E-state index contributed by atoms with van der Waals surface area (Å²) in [5.41, 5.74) is 4.98. The van der Waals surface area contributed by atoms with Gasteiger partial charge in [0.2, 0.25) is 5.91 Å². The molecule has 0 unspecified atom stereocenters. The topological polar surface area (TPSA) is 113 Å². The van der Waals surface area contributed by atoms with Gasteiger partial charge in [-0.05, 0) is 12.5 Å². The number of fused-ring (bicyclic) bond motifs is 1. The maximum absolute atomic E-state index is 12.8. The van der Waals surface area contributed by atoms with Gasteiger partial charge in [-0.25, -0.2) is 0 Å². The number of Topliss-reactive ketones (excluding diaryl/α,β-unsaturated/α-hetero) is 1. The van der Waals surface area contributed by atoms with Crippen LogP contribution in [-0.4, -0.2) is 41.8 Å². The molecule has 2 aliphatic heterocycles. The Morgan fingerprint density at radius 3 is 2.44 bits per heavy atom. The average Bonchev–Trinajstić information content (AvgIpc) is 2.98. The molecule has 1 fully saturated rings. The Hall–Kier alpha value is -3.40. The first kappa shape index (κ1) is 18.4. The molecule has 0 bridgehead atoms. The van der Waals surface area contributed by atoms with Gasteiger partial charge in [0.05, 0.1) is 19.2 Å². The molecule has 4 atom stereocenters. The third-order valence-electron chi connectivity index (χ3n) is 5.23. The highest BCUT2D eigenvalue weighted by molar-refractivity contribution is 5.97. The maximum Gasteiger partial charge on any atom is 0.329 e. The standard InChI is InChI=1S/C20H19N3O4/c1-12(24)14-8-9-15-20(11-21,19(26)27-2)16(13-6-4-3-5-7-13)17(18(22)25)23(15)10-14/h3-10,15-17H,1-2H3,(H2,22,25)/t15-,16-,17+,20+/m0/s1. The van der Waals surface area contributed by atoms with E-state index in [2.05, 4.69) is 6.07 Å². The number of carbonyl (C=O) groups is 3. The molecule has 7 heteroatoms. The zero-order chi connectivity index (χ0) is 19.8. The van der Waals surface area contributed by atoms with E-state index in [1.165, 1.54) is 25.1 Å². The minimum atomic E-state index is -1.69. The number of amides is 1. The second-order valence-corrected chi connectivity index (χ2v) is 6.60. The monoisotopic (exact) mass is 365 g/mol. The molecule has 2 heterocycles. The number of esters is 1. The third-order valence-corrected chi connectivity index (χ3v) is 5.23. The van der Waals surface area contributed by atoms with Crippen molar-refractivity contribution in [2.75, 3.05) is 7.11 Å². The van der Waals surface area contributed by atoms with Gasteiger partial charge in [-0.3, -0.25) is 14.4 Å². The van der Waals surface area contributed by atoms with Gasteiger partial charge in [0, 0.05) is 17.7 Å². The number of ketones is 1. The van der Waals surface area contributed by atoms with Crippen LogP contribution in [0.15, 0.2) is 54.3 Å². The first-order valence-electron chi connectivity index (χ1n) is 8.40. The number of ether oxygens (including phenoxy) is 1. The zero-order valence-electron chi connectivity index (χ0n) is 15.0. The van der Waals surface area contributed by atoms with Crippen LogP contribution in [0.4, 0.5) is 0 Å². The van der Waals surface area contributed by atoms with Crippen LogP contribution in [0.25, 0.3) is 0 Å². The molecule has 1 saturated heterocycles. The molecular weight excluding hydrogens is 346 g/mol.